The van der Waals surface area contributed by atoms with E-state index < -0.39 is 5.60 Å². The fourth-order valence-corrected chi connectivity index (χ4v) is 4.54. The smallest absolute Gasteiger partial charge is 0.255 e. The number of benzene rings is 3. The third-order valence-electron chi connectivity index (χ3n) is 6.94. The SMILES string of the molecule is CN1CCN(CCc2ccc(NC(=O)c3ccc4nc(-c5ccc(C#CC(C)(C)O)cc5)[nH]c4c3)cc2)CC1. The van der Waals surface area contributed by atoms with Crippen LogP contribution >= 0.6 is 0 Å². The molecule has 7 heteroatoms. The molecule has 1 aliphatic heterocycles. The number of carbonyl (C=O) groups excluding carboxylic acids is 1. The zero-order valence-electron chi connectivity index (χ0n) is 22.8. The Labute approximate surface area is 229 Å². The van der Waals surface area contributed by atoms with E-state index in [1.165, 1.54) is 5.56 Å². The molecule has 1 saturated heterocycles. The minimum Gasteiger partial charge on any atom is -0.378 e. The fraction of sp³-hybridized carbons (Fsp3) is 0.312. The van der Waals surface area contributed by atoms with Crippen LogP contribution in [0.15, 0.2) is 66.7 Å². The third kappa shape index (κ3) is 7.12. The van der Waals surface area contributed by atoms with E-state index in [1.807, 2.05) is 48.5 Å². The number of anilines is 1. The standard InChI is InChI=1S/C32H35N5O2/c1-32(2,39)16-14-23-4-8-25(9-5-23)30-34-28-13-10-26(22-29(28)35-30)31(38)33-27-11-6-24(7-12-27)15-17-37-20-18-36(3)19-21-37/h4-13,22,39H,15,17-21H2,1-3H3,(H,33,38)(H,34,35). The molecular formula is C32H35N5O2. The van der Waals surface area contributed by atoms with Gasteiger partial charge in [0, 0.05) is 55.1 Å². The van der Waals surface area contributed by atoms with Crippen molar-refractivity contribution in [1.82, 2.24) is 19.8 Å². The molecule has 1 amide bonds. The molecular weight excluding hydrogens is 486 g/mol. The van der Waals surface area contributed by atoms with Gasteiger partial charge in [-0.15, -0.1) is 0 Å². The number of aromatic nitrogens is 2. The Morgan fingerprint density at radius 2 is 1.74 bits per heavy atom. The van der Waals surface area contributed by atoms with E-state index in [9.17, 15) is 9.90 Å². The van der Waals surface area contributed by atoms with E-state index in [0.717, 1.165) is 72.8 Å². The van der Waals surface area contributed by atoms with Gasteiger partial charge in [0.25, 0.3) is 5.91 Å². The maximum Gasteiger partial charge on any atom is 0.255 e. The van der Waals surface area contributed by atoms with Gasteiger partial charge in [-0.2, -0.15) is 0 Å². The van der Waals surface area contributed by atoms with Crippen LogP contribution in [0.3, 0.4) is 0 Å². The van der Waals surface area contributed by atoms with Gasteiger partial charge in [0.05, 0.1) is 11.0 Å². The lowest BCUT2D eigenvalue weighted by atomic mass is 10.1. The van der Waals surface area contributed by atoms with Crippen molar-refractivity contribution in [3.8, 4) is 23.2 Å². The van der Waals surface area contributed by atoms with Gasteiger partial charge in [-0.3, -0.25) is 4.79 Å². The Kier molecular flexibility index (Phi) is 7.80. The highest BCUT2D eigenvalue weighted by Crippen LogP contribution is 2.22. The van der Waals surface area contributed by atoms with Gasteiger partial charge in [-0.25, -0.2) is 4.98 Å². The molecule has 2 heterocycles. The molecule has 1 aliphatic rings. The molecule has 4 aromatic rings. The Hall–Kier alpha value is -3.96. The number of aromatic amines is 1. The summed E-state index contributed by atoms with van der Waals surface area (Å²) >= 11 is 0. The van der Waals surface area contributed by atoms with Crippen LogP contribution < -0.4 is 5.32 Å². The van der Waals surface area contributed by atoms with Gasteiger partial charge in [0.15, 0.2) is 0 Å². The van der Waals surface area contributed by atoms with Crippen LogP contribution in [0.1, 0.15) is 35.3 Å². The monoisotopic (exact) mass is 521 g/mol. The van der Waals surface area contributed by atoms with Crippen molar-refractivity contribution in [1.29, 1.82) is 0 Å². The highest BCUT2D eigenvalue weighted by molar-refractivity contribution is 6.06. The van der Waals surface area contributed by atoms with Gasteiger partial charge in [-0.1, -0.05) is 36.1 Å². The largest absolute Gasteiger partial charge is 0.378 e. The van der Waals surface area contributed by atoms with Crippen molar-refractivity contribution in [3.05, 3.63) is 83.4 Å². The number of H-pyrrole nitrogens is 1. The van der Waals surface area contributed by atoms with Crippen molar-refractivity contribution in [2.24, 2.45) is 0 Å². The molecule has 0 radical (unpaired) electrons. The Morgan fingerprint density at radius 3 is 2.44 bits per heavy atom. The summed E-state index contributed by atoms with van der Waals surface area (Å²) in [7, 11) is 2.17. The van der Waals surface area contributed by atoms with Crippen molar-refractivity contribution in [2.75, 3.05) is 45.1 Å². The predicted molar refractivity (Wildman–Crippen MR) is 157 cm³/mol. The van der Waals surface area contributed by atoms with E-state index in [4.69, 9.17) is 0 Å². The molecule has 0 aliphatic carbocycles. The van der Waals surface area contributed by atoms with Gasteiger partial charge in [-0.05, 0) is 75.3 Å². The lowest BCUT2D eigenvalue weighted by Crippen LogP contribution is -2.45. The summed E-state index contributed by atoms with van der Waals surface area (Å²) in [4.78, 5) is 25.8. The Balaban J connectivity index is 1.21. The molecule has 0 saturated carbocycles. The van der Waals surface area contributed by atoms with Gasteiger partial charge >= 0.3 is 0 Å². The second-order valence-corrected chi connectivity index (χ2v) is 10.7. The molecule has 3 N–H and O–H groups in total. The second kappa shape index (κ2) is 11.4. The molecule has 1 fully saturated rings. The first-order valence-electron chi connectivity index (χ1n) is 13.4. The van der Waals surface area contributed by atoms with Crippen LogP contribution in [-0.4, -0.2) is 76.2 Å². The summed E-state index contributed by atoms with van der Waals surface area (Å²) in [6.45, 7) is 8.88. The molecule has 200 valence electrons. The first-order chi connectivity index (χ1) is 18.7. The number of likely N-dealkylation sites (N-methyl/N-ethyl adjacent to an activating group) is 1. The lowest BCUT2D eigenvalue weighted by Gasteiger charge is -2.32. The topological polar surface area (TPSA) is 84.5 Å². The molecule has 0 bridgehead atoms. The van der Waals surface area contributed by atoms with Crippen LogP contribution in [0.4, 0.5) is 5.69 Å². The summed E-state index contributed by atoms with van der Waals surface area (Å²) in [6.07, 6.45) is 1.01. The van der Waals surface area contributed by atoms with E-state index in [-0.39, 0.29) is 5.91 Å². The number of hydrogen-bond donors (Lipinski definition) is 3. The number of rotatable bonds is 6. The molecule has 7 nitrogen and oxygen atoms in total. The van der Waals surface area contributed by atoms with Crippen LogP contribution in [0.25, 0.3) is 22.4 Å². The minimum atomic E-state index is -1.03. The second-order valence-electron chi connectivity index (χ2n) is 10.7. The minimum absolute atomic E-state index is 0.159. The summed E-state index contributed by atoms with van der Waals surface area (Å²) in [6, 6.07) is 21.3. The van der Waals surface area contributed by atoms with Crippen molar-refractivity contribution in [2.45, 2.75) is 25.9 Å². The van der Waals surface area contributed by atoms with Gasteiger partial charge in [0.2, 0.25) is 0 Å². The van der Waals surface area contributed by atoms with Crippen molar-refractivity contribution in [3.63, 3.8) is 0 Å². The average Bonchev–Trinajstić information content (AvgIpc) is 3.36. The van der Waals surface area contributed by atoms with Crippen LogP contribution in [0.2, 0.25) is 0 Å². The lowest BCUT2D eigenvalue weighted by molar-refractivity contribution is 0.102. The number of amides is 1. The highest BCUT2D eigenvalue weighted by Gasteiger charge is 2.14. The predicted octanol–water partition coefficient (Wildman–Crippen LogP) is 4.39. The van der Waals surface area contributed by atoms with Crippen molar-refractivity contribution >= 4 is 22.6 Å². The molecule has 3 aromatic carbocycles. The normalized spacial score (nSPS) is 14.7. The molecule has 0 spiro atoms. The number of hydrogen-bond acceptors (Lipinski definition) is 5. The summed E-state index contributed by atoms with van der Waals surface area (Å²) in [5, 5.41) is 12.8. The van der Waals surface area contributed by atoms with E-state index in [1.54, 1.807) is 19.9 Å². The number of piperazine rings is 1. The number of nitrogens with one attached hydrogen (secondary N) is 2. The molecule has 1 aromatic heterocycles. The number of fused-ring (bicyclic) bond motifs is 1. The van der Waals surface area contributed by atoms with E-state index in [0.29, 0.717) is 5.56 Å². The number of carbonyl (C=O) groups is 1. The first kappa shape index (κ1) is 26.6. The molecule has 5 rings (SSSR count). The molecule has 0 unspecified atom stereocenters. The number of aliphatic hydroxyl groups is 1. The van der Waals surface area contributed by atoms with E-state index >= 15 is 0 Å². The van der Waals surface area contributed by atoms with Crippen LogP contribution in [0, 0.1) is 11.8 Å². The van der Waals surface area contributed by atoms with Crippen LogP contribution in [-0.2, 0) is 6.42 Å². The fourth-order valence-electron chi connectivity index (χ4n) is 4.54. The quantitative estimate of drug-likeness (QED) is 0.328. The highest BCUT2D eigenvalue weighted by atomic mass is 16.3. The summed E-state index contributed by atoms with van der Waals surface area (Å²) in [5.41, 5.74) is 4.90. The number of nitrogens with zero attached hydrogens (tertiary/aromatic N) is 3. The van der Waals surface area contributed by atoms with Crippen LogP contribution in [0.5, 0.6) is 0 Å². The molecule has 39 heavy (non-hydrogen) atoms. The first-order valence-corrected chi connectivity index (χ1v) is 13.4. The molecule has 0 atom stereocenters. The average molecular weight is 522 g/mol. The van der Waals surface area contributed by atoms with E-state index in [2.05, 4.69) is 56.1 Å². The van der Waals surface area contributed by atoms with Crippen molar-refractivity contribution < 1.29 is 9.90 Å². The summed E-state index contributed by atoms with van der Waals surface area (Å²) < 4.78 is 0. The maximum atomic E-state index is 13.0. The Bertz CT molecular complexity index is 1500. The van der Waals surface area contributed by atoms with Gasteiger partial charge < -0.3 is 25.2 Å². The zero-order chi connectivity index (χ0) is 27.4. The maximum absolute atomic E-state index is 13.0. The third-order valence-corrected chi connectivity index (χ3v) is 6.94. The Morgan fingerprint density at radius 1 is 1.03 bits per heavy atom. The number of imidazole rings is 1. The zero-order valence-corrected chi connectivity index (χ0v) is 22.8. The summed E-state index contributed by atoms with van der Waals surface area (Å²) in [5.74, 6) is 6.35. The van der Waals surface area contributed by atoms with Gasteiger partial charge in [0.1, 0.15) is 11.4 Å².